The van der Waals surface area contributed by atoms with Gasteiger partial charge in [-0.2, -0.15) is 0 Å². The molecule has 0 aliphatic carbocycles. The van der Waals surface area contributed by atoms with Crippen molar-refractivity contribution in [2.75, 3.05) is 0 Å². The molecule has 278 valence electrons. The Hall–Kier alpha value is -7.11. The molecule has 0 saturated heterocycles. The standard InChI is InChI=1S/C51H38B5N3O/c52-44-43(45(53)47(55)48(56)46(44)54)36-12-7-13-37(26-36)50-57-49(34-10-5-2-6-11-34)58-51(59-50)38-22-24-39-40-27-35(23-25-41(40)60-42(39)28-38)33-20-18-32(19-21-33)31-16-14-30(15-17-31)29-8-3-1-4-9-29/h1-28H,52-56H2. The molecular formula is C51H38B5N3O. The van der Waals surface area contributed by atoms with Crippen LogP contribution in [0, 0.1) is 0 Å². The Morgan fingerprint density at radius 1 is 0.283 bits per heavy atom. The molecule has 0 bridgehead atoms. The molecule has 0 amide bonds. The van der Waals surface area contributed by atoms with E-state index in [2.05, 4.69) is 173 Å². The van der Waals surface area contributed by atoms with Crippen molar-refractivity contribution in [2.24, 2.45) is 0 Å². The summed E-state index contributed by atoms with van der Waals surface area (Å²) in [6.45, 7) is 0. The smallest absolute Gasteiger partial charge is 0.164 e. The second-order valence-corrected chi connectivity index (χ2v) is 15.8. The highest BCUT2D eigenvalue weighted by Crippen LogP contribution is 2.36. The van der Waals surface area contributed by atoms with E-state index in [4.69, 9.17) is 19.4 Å². The normalized spacial score (nSPS) is 11.3. The molecule has 9 heteroatoms. The van der Waals surface area contributed by atoms with E-state index in [1.165, 1.54) is 55.1 Å². The highest BCUT2D eigenvalue weighted by atomic mass is 16.3. The van der Waals surface area contributed by atoms with E-state index >= 15 is 0 Å². The molecule has 0 radical (unpaired) electrons. The van der Waals surface area contributed by atoms with Gasteiger partial charge in [0.25, 0.3) is 0 Å². The van der Waals surface area contributed by atoms with Crippen molar-refractivity contribution in [2.45, 2.75) is 0 Å². The summed E-state index contributed by atoms with van der Waals surface area (Å²) in [4.78, 5) is 15.2. The SMILES string of the molecule is Bc1c(B)c(B)c(-c2cccc(-c3nc(-c4ccccc4)nc(-c4ccc5c(c4)oc4ccc(-c6ccc(-c7ccc(-c8ccccc8)cc7)cc6)cc45)n3)c2)c(B)c1B. The van der Waals surface area contributed by atoms with Crippen LogP contribution in [0.4, 0.5) is 0 Å². The first kappa shape index (κ1) is 37.2. The molecule has 0 aliphatic rings. The minimum absolute atomic E-state index is 0.594. The third-order valence-corrected chi connectivity index (χ3v) is 12.3. The lowest BCUT2D eigenvalue weighted by Crippen LogP contribution is -2.55. The zero-order valence-corrected chi connectivity index (χ0v) is 34.4. The number of benzene rings is 8. The van der Waals surface area contributed by atoms with Gasteiger partial charge in [-0.25, -0.2) is 15.0 Å². The van der Waals surface area contributed by atoms with Crippen LogP contribution >= 0.6 is 0 Å². The molecule has 0 atom stereocenters. The number of aromatic nitrogens is 3. The summed E-state index contributed by atoms with van der Waals surface area (Å²) < 4.78 is 6.50. The van der Waals surface area contributed by atoms with Crippen LogP contribution in [0.5, 0.6) is 0 Å². The van der Waals surface area contributed by atoms with Crippen LogP contribution < -0.4 is 27.3 Å². The molecule has 2 aromatic heterocycles. The van der Waals surface area contributed by atoms with Crippen molar-refractivity contribution in [3.05, 3.63) is 170 Å². The van der Waals surface area contributed by atoms with Gasteiger partial charge in [0.15, 0.2) is 17.5 Å². The summed E-state index contributed by atoms with van der Waals surface area (Å²) in [6.07, 6.45) is 0. The lowest BCUT2D eigenvalue weighted by molar-refractivity contribution is 0.669. The summed E-state index contributed by atoms with van der Waals surface area (Å²) >= 11 is 0. The molecule has 0 aliphatic heterocycles. The quantitative estimate of drug-likeness (QED) is 0.221. The number of rotatable bonds is 7. The van der Waals surface area contributed by atoms with Gasteiger partial charge >= 0.3 is 0 Å². The molecule has 60 heavy (non-hydrogen) atoms. The molecule has 10 rings (SSSR count). The highest BCUT2D eigenvalue weighted by Gasteiger charge is 2.18. The Bertz CT molecular complexity index is 3210. The van der Waals surface area contributed by atoms with Crippen molar-refractivity contribution >= 4 is 88.5 Å². The molecule has 10 aromatic rings. The molecule has 4 nitrogen and oxygen atoms in total. The maximum atomic E-state index is 6.50. The number of furan rings is 1. The summed E-state index contributed by atoms with van der Waals surface area (Å²) in [5.41, 5.74) is 20.5. The van der Waals surface area contributed by atoms with Crippen LogP contribution in [0.3, 0.4) is 0 Å². The Morgan fingerprint density at radius 2 is 0.700 bits per heavy atom. The largest absolute Gasteiger partial charge is 0.456 e. The van der Waals surface area contributed by atoms with Crippen LogP contribution in [0.15, 0.2) is 174 Å². The van der Waals surface area contributed by atoms with Crippen molar-refractivity contribution < 1.29 is 4.42 Å². The van der Waals surface area contributed by atoms with Gasteiger partial charge in [0.05, 0.1) is 0 Å². The van der Waals surface area contributed by atoms with Crippen LogP contribution in [0.1, 0.15) is 0 Å². The van der Waals surface area contributed by atoms with E-state index < -0.39 is 0 Å². The fourth-order valence-corrected chi connectivity index (χ4v) is 8.53. The molecular weight excluding hydrogens is 725 g/mol. The van der Waals surface area contributed by atoms with Crippen LogP contribution in [-0.2, 0) is 0 Å². The van der Waals surface area contributed by atoms with Gasteiger partial charge in [0.2, 0.25) is 0 Å². The molecule has 8 aromatic carbocycles. The monoisotopic (exact) mass is 763 g/mol. The van der Waals surface area contributed by atoms with Gasteiger partial charge in [0, 0.05) is 27.5 Å². The third-order valence-electron chi connectivity index (χ3n) is 12.3. The fraction of sp³-hybridized carbons (Fsp3) is 0. The van der Waals surface area contributed by atoms with E-state index in [0.717, 1.165) is 55.3 Å². The maximum absolute atomic E-state index is 6.50. The molecule has 2 heterocycles. The van der Waals surface area contributed by atoms with Crippen molar-refractivity contribution in [1.82, 2.24) is 15.0 Å². The average molecular weight is 763 g/mol. The summed E-state index contributed by atoms with van der Waals surface area (Å²) in [6, 6.07) is 59.5. The van der Waals surface area contributed by atoms with Gasteiger partial charge < -0.3 is 4.42 Å². The minimum Gasteiger partial charge on any atom is -0.456 e. The second kappa shape index (κ2) is 15.2. The lowest BCUT2D eigenvalue weighted by Gasteiger charge is -2.20. The first-order chi connectivity index (χ1) is 29.3. The van der Waals surface area contributed by atoms with Gasteiger partial charge in [0.1, 0.15) is 50.4 Å². The average Bonchev–Trinajstić information content (AvgIpc) is 3.68. The van der Waals surface area contributed by atoms with Crippen LogP contribution in [-0.4, -0.2) is 54.2 Å². The van der Waals surface area contributed by atoms with E-state index in [-0.39, 0.29) is 0 Å². The topological polar surface area (TPSA) is 51.8 Å². The Kier molecular flexibility index (Phi) is 9.45. The van der Waals surface area contributed by atoms with Crippen LogP contribution in [0.2, 0.25) is 0 Å². The molecule has 0 spiro atoms. The Labute approximate surface area is 354 Å². The molecule has 0 N–H and O–H groups in total. The highest BCUT2D eigenvalue weighted by molar-refractivity contribution is 6.68. The number of hydrogen-bond acceptors (Lipinski definition) is 4. The predicted octanol–water partition coefficient (Wildman–Crippen LogP) is 4.73. The zero-order chi connectivity index (χ0) is 40.9. The second-order valence-electron chi connectivity index (χ2n) is 15.8. The van der Waals surface area contributed by atoms with Gasteiger partial charge in [-0.1, -0.05) is 150 Å². The van der Waals surface area contributed by atoms with Gasteiger partial charge in [-0.05, 0) is 74.8 Å². The van der Waals surface area contributed by atoms with E-state index in [0.29, 0.717) is 17.5 Å². The first-order valence-electron chi connectivity index (χ1n) is 20.5. The number of nitrogens with zero attached hydrogens (tertiary/aromatic N) is 3. The third kappa shape index (κ3) is 6.76. The lowest BCUT2D eigenvalue weighted by atomic mass is 9.59. The number of fused-ring (bicyclic) bond motifs is 3. The Morgan fingerprint density at radius 3 is 1.28 bits per heavy atom. The molecule has 0 saturated carbocycles. The maximum Gasteiger partial charge on any atom is 0.164 e. The molecule has 0 fully saturated rings. The fourth-order valence-electron chi connectivity index (χ4n) is 8.53. The zero-order valence-electron chi connectivity index (χ0n) is 34.4. The van der Waals surface area contributed by atoms with Crippen molar-refractivity contribution in [1.29, 1.82) is 0 Å². The van der Waals surface area contributed by atoms with E-state index in [1.54, 1.807) is 0 Å². The van der Waals surface area contributed by atoms with Crippen LogP contribution in [0.25, 0.3) is 101 Å². The summed E-state index contributed by atoms with van der Waals surface area (Å²) in [7, 11) is 11.1. The van der Waals surface area contributed by atoms with Crippen molar-refractivity contribution in [3.63, 3.8) is 0 Å². The molecule has 0 unspecified atom stereocenters. The summed E-state index contributed by atoms with van der Waals surface area (Å²) in [5, 5.41) is 2.12. The van der Waals surface area contributed by atoms with Gasteiger partial charge in [-0.15, -0.1) is 16.4 Å². The Balaban J connectivity index is 0.992. The predicted molar refractivity (Wildman–Crippen MR) is 266 cm³/mol. The summed E-state index contributed by atoms with van der Waals surface area (Å²) in [5.74, 6) is 1.84. The van der Waals surface area contributed by atoms with Crippen molar-refractivity contribution in [3.8, 4) is 78.7 Å². The number of hydrogen-bond donors (Lipinski definition) is 0. The van der Waals surface area contributed by atoms with E-state index in [9.17, 15) is 0 Å². The van der Waals surface area contributed by atoms with Gasteiger partial charge in [-0.3, -0.25) is 0 Å². The van der Waals surface area contributed by atoms with E-state index in [1.807, 2.05) is 36.4 Å². The minimum atomic E-state index is 0.594. The first-order valence-corrected chi connectivity index (χ1v) is 20.5.